The molecule has 0 radical (unpaired) electrons. The van der Waals surface area contributed by atoms with E-state index >= 15 is 0 Å². The first-order valence-corrected chi connectivity index (χ1v) is 14.3. The van der Waals surface area contributed by atoms with Crippen LogP contribution in [0.25, 0.3) is 6.08 Å². The molecule has 1 aromatic carbocycles. The van der Waals surface area contributed by atoms with Gasteiger partial charge in [0.2, 0.25) is 0 Å². The molecule has 0 saturated heterocycles. The summed E-state index contributed by atoms with van der Waals surface area (Å²) < 4.78 is 6.25. The van der Waals surface area contributed by atoms with Gasteiger partial charge in [-0.3, -0.25) is 0 Å². The van der Waals surface area contributed by atoms with Crippen LogP contribution in [0.15, 0.2) is 70.8 Å². The lowest BCUT2D eigenvalue weighted by Gasteiger charge is -2.30. The quantitative estimate of drug-likeness (QED) is 0.158. The Morgan fingerprint density at radius 3 is 1.86 bits per heavy atom. The first-order chi connectivity index (χ1) is 18.1. The molecule has 0 atom stereocenters. The summed E-state index contributed by atoms with van der Waals surface area (Å²) in [5.41, 5.74) is 2.85. The Morgan fingerprint density at radius 1 is 0.784 bits per heavy atom. The molecule has 4 heteroatoms. The molecular formula is C33H45N3O. The van der Waals surface area contributed by atoms with Crippen molar-refractivity contribution in [1.82, 2.24) is 4.90 Å². The number of nitrogens with zero attached hydrogens (tertiary/aromatic N) is 3. The minimum atomic E-state index is 0.109. The van der Waals surface area contributed by atoms with Crippen LogP contribution in [0.3, 0.4) is 0 Å². The van der Waals surface area contributed by atoms with Crippen LogP contribution in [0.2, 0.25) is 0 Å². The number of nitriles is 2. The van der Waals surface area contributed by atoms with Crippen molar-refractivity contribution in [2.75, 3.05) is 13.1 Å². The summed E-state index contributed by atoms with van der Waals surface area (Å²) in [6.45, 7) is 8.32. The number of benzene rings is 1. The Balaban J connectivity index is 2.36. The van der Waals surface area contributed by atoms with Gasteiger partial charge in [0.1, 0.15) is 23.5 Å². The highest BCUT2D eigenvalue weighted by atomic mass is 16.5. The van der Waals surface area contributed by atoms with E-state index in [2.05, 4.69) is 37.0 Å². The maximum absolute atomic E-state index is 9.49. The first kappa shape index (κ1) is 30.0. The predicted octanol–water partition coefficient (Wildman–Crippen LogP) is 9.21. The third kappa shape index (κ3) is 11.1. The second kappa shape index (κ2) is 18.1. The summed E-state index contributed by atoms with van der Waals surface area (Å²) in [6.07, 6.45) is 20.8. The molecule has 1 aliphatic heterocycles. The highest BCUT2D eigenvalue weighted by Crippen LogP contribution is 2.30. The van der Waals surface area contributed by atoms with Gasteiger partial charge in [-0.25, -0.2) is 0 Å². The lowest BCUT2D eigenvalue weighted by Crippen LogP contribution is -2.27. The van der Waals surface area contributed by atoms with E-state index in [1.165, 1.54) is 64.2 Å². The fourth-order valence-electron chi connectivity index (χ4n) is 4.60. The summed E-state index contributed by atoms with van der Waals surface area (Å²) in [4.78, 5) is 2.47. The van der Waals surface area contributed by atoms with Gasteiger partial charge in [-0.1, -0.05) is 108 Å². The van der Waals surface area contributed by atoms with Gasteiger partial charge in [0.05, 0.1) is 5.70 Å². The molecule has 4 nitrogen and oxygen atoms in total. The van der Waals surface area contributed by atoms with E-state index in [1.807, 2.05) is 43.3 Å². The van der Waals surface area contributed by atoms with Gasteiger partial charge in [0.25, 0.3) is 0 Å². The van der Waals surface area contributed by atoms with E-state index in [4.69, 9.17) is 4.74 Å². The molecule has 0 saturated carbocycles. The lowest BCUT2D eigenvalue weighted by molar-refractivity contribution is 0.257. The van der Waals surface area contributed by atoms with E-state index in [-0.39, 0.29) is 5.57 Å². The Labute approximate surface area is 225 Å². The minimum absolute atomic E-state index is 0.109. The van der Waals surface area contributed by atoms with Crippen molar-refractivity contribution in [3.63, 3.8) is 0 Å². The molecule has 1 aromatic rings. The molecule has 0 fully saturated rings. The van der Waals surface area contributed by atoms with E-state index in [1.54, 1.807) is 6.08 Å². The van der Waals surface area contributed by atoms with E-state index < -0.39 is 0 Å². The van der Waals surface area contributed by atoms with Crippen molar-refractivity contribution >= 4 is 6.08 Å². The molecule has 198 valence electrons. The van der Waals surface area contributed by atoms with Crippen LogP contribution >= 0.6 is 0 Å². The summed E-state index contributed by atoms with van der Waals surface area (Å²) in [5, 5.41) is 19.0. The molecule has 0 aromatic heterocycles. The van der Waals surface area contributed by atoms with Gasteiger partial charge in [0.15, 0.2) is 5.76 Å². The van der Waals surface area contributed by atoms with E-state index in [0.717, 1.165) is 37.2 Å². The number of unbranched alkanes of at least 4 members (excludes halogenated alkanes) is 10. The molecule has 0 unspecified atom stereocenters. The molecule has 0 spiro atoms. The Morgan fingerprint density at radius 2 is 1.32 bits per heavy atom. The zero-order valence-corrected chi connectivity index (χ0v) is 23.3. The van der Waals surface area contributed by atoms with Gasteiger partial charge in [-0.2, -0.15) is 10.5 Å². The topological polar surface area (TPSA) is 60.0 Å². The van der Waals surface area contributed by atoms with Gasteiger partial charge in [-0.15, -0.1) is 0 Å². The van der Waals surface area contributed by atoms with Crippen LogP contribution in [-0.4, -0.2) is 18.0 Å². The number of ether oxygens (including phenoxy) is 1. The summed E-state index contributed by atoms with van der Waals surface area (Å²) >= 11 is 0. The third-order valence-corrected chi connectivity index (χ3v) is 6.69. The van der Waals surface area contributed by atoms with Gasteiger partial charge < -0.3 is 9.64 Å². The van der Waals surface area contributed by atoms with Crippen molar-refractivity contribution < 1.29 is 4.74 Å². The summed E-state index contributed by atoms with van der Waals surface area (Å²) in [5.74, 6) is 1.40. The van der Waals surface area contributed by atoms with E-state index in [9.17, 15) is 10.5 Å². The predicted molar refractivity (Wildman–Crippen MR) is 154 cm³/mol. The smallest absolute Gasteiger partial charge is 0.150 e. The Kier molecular flexibility index (Phi) is 14.6. The molecule has 37 heavy (non-hydrogen) atoms. The SMILES string of the molecule is CCCCCCCCN(CCCCCCCC)C(=Cc1ccccc1)C1=CC(=C(C#N)C#N)C=C(C)O1. The lowest BCUT2D eigenvalue weighted by atomic mass is 10.0. The Hall–Kier alpha value is -3.24. The van der Waals surface area contributed by atoms with Crippen LogP contribution in [0, 0.1) is 22.7 Å². The number of hydrogen-bond acceptors (Lipinski definition) is 4. The highest BCUT2D eigenvalue weighted by molar-refractivity contribution is 5.60. The standard InChI is InChI=1S/C33H45N3O/c1-4-6-8-10-12-17-21-36(22-18-13-11-9-7-5-2)32(24-29-19-15-14-16-20-29)33-25-30(23-28(3)37-33)31(26-34)27-35/h14-16,19-20,23-25H,4-13,17-18,21-22H2,1-3H3. The van der Waals surface area contributed by atoms with Gasteiger partial charge in [-0.05, 0) is 43.6 Å². The molecular weight excluding hydrogens is 454 g/mol. The van der Waals surface area contributed by atoms with Crippen LogP contribution in [0.1, 0.15) is 103 Å². The van der Waals surface area contributed by atoms with Gasteiger partial charge >= 0.3 is 0 Å². The maximum atomic E-state index is 9.49. The van der Waals surface area contributed by atoms with Crippen molar-refractivity contribution in [2.45, 2.75) is 97.8 Å². The maximum Gasteiger partial charge on any atom is 0.150 e. The largest absolute Gasteiger partial charge is 0.460 e. The molecule has 0 aliphatic carbocycles. The second-order valence-electron chi connectivity index (χ2n) is 9.88. The second-order valence-corrected chi connectivity index (χ2v) is 9.88. The molecule has 0 N–H and O–H groups in total. The highest BCUT2D eigenvalue weighted by Gasteiger charge is 2.21. The minimum Gasteiger partial charge on any atom is -0.460 e. The normalized spacial score (nSPS) is 13.2. The molecule has 1 aliphatic rings. The average Bonchev–Trinajstić information content (AvgIpc) is 2.91. The van der Waals surface area contributed by atoms with Crippen LogP contribution in [0.5, 0.6) is 0 Å². The van der Waals surface area contributed by atoms with E-state index in [0.29, 0.717) is 17.1 Å². The summed E-state index contributed by atoms with van der Waals surface area (Å²) in [6, 6.07) is 14.4. The van der Waals surface area contributed by atoms with Crippen LogP contribution in [-0.2, 0) is 4.74 Å². The molecule has 0 amide bonds. The molecule has 0 bridgehead atoms. The molecule has 2 rings (SSSR count). The van der Waals surface area contributed by atoms with Crippen LogP contribution in [0.4, 0.5) is 0 Å². The zero-order valence-electron chi connectivity index (χ0n) is 23.3. The monoisotopic (exact) mass is 499 g/mol. The number of rotatable bonds is 17. The fraction of sp³-hybridized carbons (Fsp3) is 0.515. The first-order valence-electron chi connectivity index (χ1n) is 14.3. The molecule has 1 heterocycles. The van der Waals surface area contributed by atoms with Crippen molar-refractivity contribution in [3.8, 4) is 12.1 Å². The van der Waals surface area contributed by atoms with Gasteiger partial charge in [0, 0.05) is 18.7 Å². The average molecular weight is 500 g/mol. The van der Waals surface area contributed by atoms with Crippen molar-refractivity contribution in [3.05, 3.63) is 76.4 Å². The zero-order chi connectivity index (χ0) is 26.7. The number of hydrogen-bond donors (Lipinski definition) is 0. The third-order valence-electron chi connectivity index (χ3n) is 6.69. The van der Waals surface area contributed by atoms with Crippen molar-refractivity contribution in [2.24, 2.45) is 0 Å². The number of allylic oxidation sites excluding steroid dienone is 5. The van der Waals surface area contributed by atoms with Crippen molar-refractivity contribution in [1.29, 1.82) is 10.5 Å². The Bertz CT molecular complexity index is 986. The van der Waals surface area contributed by atoms with Crippen LogP contribution < -0.4 is 0 Å². The summed E-state index contributed by atoms with van der Waals surface area (Å²) in [7, 11) is 0. The fourth-order valence-corrected chi connectivity index (χ4v) is 4.60.